The van der Waals surface area contributed by atoms with E-state index in [0.717, 1.165) is 19.5 Å². The maximum atomic E-state index is 13.9. The molecule has 0 unspecified atom stereocenters. The van der Waals surface area contributed by atoms with Crippen molar-refractivity contribution < 1.29 is 8.78 Å². The molecule has 0 bridgehead atoms. The second kappa shape index (κ2) is 3.96. The molecule has 1 aromatic carbocycles. The van der Waals surface area contributed by atoms with Crippen molar-refractivity contribution in [2.24, 2.45) is 0 Å². The summed E-state index contributed by atoms with van der Waals surface area (Å²) in [6.45, 7) is 1.69. The first-order chi connectivity index (χ1) is 8.18. The summed E-state index contributed by atoms with van der Waals surface area (Å²) in [4.78, 5) is 0. The summed E-state index contributed by atoms with van der Waals surface area (Å²) in [5.74, 6) is -1.82. The highest BCUT2D eigenvalue weighted by Crippen LogP contribution is 2.30. The molecule has 3 rings (SSSR count). The van der Waals surface area contributed by atoms with Gasteiger partial charge in [0.05, 0.1) is 10.5 Å². The van der Waals surface area contributed by atoms with Gasteiger partial charge < -0.3 is 9.88 Å². The van der Waals surface area contributed by atoms with Gasteiger partial charge >= 0.3 is 0 Å². The third-order valence-electron chi connectivity index (χ3n) is 3.27. The predicted octanol–water partition coefficient (Wildman–Crippen LogP) is 3.11. The van der Waals surface area contributed by atoms with Crippen molar-refractivity contribution in [3.05, 3.63) is 35.0 Å². The van der Waals surface area contributed by atoms with Gasteiger partial charge in [-0.05, 0) is 25.1 Å². The summed E-state index contributed by atoms with van der Waals surface area (Å²) in [5.41, 5.74) is 0.306. The molecule has 1 atom stereocenters. The van der Waals surface area contributed by atoms with E-state index in [1.807, 2.05) is 0 Å². The molecule has 5 heteroatoms. The Morgan fingerprint density at radius 1 is 1.35 bits per heavy atom. The van der Waals surface area contributed by atoms with Gasteiger partial charge in [-0.15, -0.1) is 0 Å². The van der Waals surface area contributed by atoms with Crippen molar-refractivity contribution in [2.45, 2.75) is 12.5 Å². The summed E-state index contributed by atoms with van der Waals surface area (Å²) < 4.78 is 29.2. The molecule has 1 aliphatic rings. The molecule has 0 spiro atoms. The zero-order valence-electron chi connectivity index (χ0n) is 9.01. The third kappa shape index (κ3) is 1.63. The molecule has 2 nitrogen and oxygen atoms in total. The normalized spacial score (nSPS) is 20.3. The highest BCUT2D eigenvalue weighted by Gasteiger charge is 2.22. The third-order valence-corrected chi connectivity index (χ3v) is 3.54. The lowest BCUT2D eigenvalue weighted by atomic mass is 10.2. The molecule has 90 valence electrons. The first kappa shape index (κ1) is 11.0. The number of hydrogen-bond acceptors (Lipinski definition) is 1. The van der Waals surface area contributed by atoms with Crippen molar-refractivity contribution in [3.63, 3.8) is 0 Å². The van der Waals surface area contributed by atoms with E-state index in [1.165, 1.54) is 6.07 Å². The van der Waals surface area contributed by atoms with Crippen molar-refractivity contribution in [1.29, 1.82) is 0 Å². The monoisotopic (exact) mass is 256 g/mol. The van der Waals surface area contributed by atoms with Crippen molar-refractivity contribution in [3.8, 4) is 0 Å². The Balaban J connectivity index is 2.23. The quantitative estimate of drug-likeness (QED) is 0.776. The molecule has 2 heterocycles. The van der Waals surface area contributed by atoms with Crippen LogP contribution in [0.15, 0.2) is 18.3 Å². The maximum Gasteiger partial charge on any atom is 0.184 e. The average molecular weight is 257 g/mol. The van der Waals surface area contributed by atoms with Gasteiger partial charge in [0.1, 0.15) is 0 Å². The van der Waals surface area contributed by atoms with Crippen LogP contribution < -0.4 is 5.32 Å². The van der Waals surface area contributed by atoms with E-state index >= 15 is 0 Å². The predicted molar refractivity (Wildman–Crippen MR) is 63.4 cm³/mol. The van der Waals surface area contributed by atoms with Gasteiger partial charge in [0, 0.05) is 24.2 Å². The highest BCUT2D eigenvalue weighted by atomic mass is 35.5. The first-order valence-electron chi connectivity index (χ1n) is 5.53. The zero-order chi connectivity index (χ0) is 12.0. The summed E-state index contributed by atoms with van der Waals surface area (Å²) in [6, 6.07) is 3.42. The van der Waals surface area contributed by atoms with Gasteiger partial charge in [0.15, 0.2) is 11.6 Å². The second-order valence-corrected chi connectivity index (χ2v) is 4.70. The van der Waals surface area contributed by atoms with E-state index in [1.54, 1.807) is 16.8 Å². The van der Waals surface area contributed by atoms with Gasteiger partial charge in [-0.25, -0.2) is 8.78 Å². The topological polar surface area (TPSA) is 17.0 Å². The smallest absolute Gasteiger partial charge is 0.184 e. The fourth-order valence-electron chi connectivity index (χ4n) is 2.41. The van der Waals surface area contributed by atoms with Crippen molar-refractivity contribution in [2.75, 3.05) is 13.1 Å². The van der Waals surface area contributed by atoms with Crippen LogP contribution in [0.1, 0.15) is 12.5 Å². The summed E-state index contributed by atoms with van der Waals surface area (Å²) >= 11 is 5.63. The van der Waals surface area contributed by atoms with E-state index in [4.69, 9.17) is 11.6 Å². The van der Waals surface area contributed by atoms with Crippen LogP contribution in [0.3, 0.4) is 0 Å². The number of benzene rings is 1. The van der Waals surface area contributed by atoms with E-state index in [-0.39, 0.29) is 11.1 Å². The molecule has 0 amide bonds. The molecule has 1 aromatic heterocycles. The number of halogens is 3. The standard InChI is InChI=1S/C12H11ClF2N2/c13-9-5-7-2-4-17(8-1-3-16-6-8)12(7)11(15)10(9)14/h2,4-5,8,16H,1,3,6H2/t8-/m1/s1. The Labute approximate surface area is 102 Å². The van der Waals surface area contributed by atoms with Gasteiger partial charge in [-0.2, -0.15) is 0 Å². The lowest BCUT2D eigenvalue weighted by Gasteiger charge is -2.13. The molecule has 1 aliphatic heterocycles. The zero-order valence-corrected chi connectivity index (χ0v) is 9.77. The molecule has 0 radical (unpaired) electrons. The van der Waals surface area contributed by atoms with Crippen LogP contribution in [0.2, 0.25) is 5.02 Å². The number of nitrogens with zero attached hydrogens (tertiary/aromatic N) is 1. The fourth-order valence-corrected chi connectivity index (χ4v) is 2.61. The van der Waals surface area contributed by atoms with Crippen LogP contribution >= 0.6 is 11.6 Å². The summed E-state index contributed by atoms with van der Waals surface area (Å²) in [6.07, 6.45) is 2.72. The van der Waals surface area contributed by atoms with Crippen molar-refractivity contribution >= 4 is 22.5 Å². The fraction of sp³-hybridized carbons (Fsp3) is 0.333. The summed E-state index contributed by atoms with van der Waals surface area (Å²) in [5, 5.41) is 3.68. The lowest BCUT2D eigenvalue weighted by Crippen LogP contribution is -2.13. The van der Waals surface area contributed by atoms with Gasteiger partial charge in [0.25, 0.3) is 0 Å². The van der Waals surface area contributed by atoms with E-state index < -0.39 is 11.6 Å². The molecular formula is C12H11ClF2N2. The summed E-state index contributed by atoms with van der Waals surface area (Å²) in [7, 11) is 0. The van der Waals surface area contributed by atoms with Crippen LogP contribution in [0, 0.1) is 11.6 Å². The minimum Gasteiger partial charge on any atom is -0.341 e. The van der Waals surface area contributed by atoms with Gasteiger partial charge in [-0.1, -0.05) is 11.6 Å². The SMILES string of the molecule is Fc1c(Cl)cc2ccn([C@@H]3CCNC3)c2c1F. The van der Waals surface area contributed by atoms with Crippen LogP contribution in [0.25, 0.3) is 10.9 Å². The Hall–Kier alpha value is -1.13. The van der Waals surface area contributed by atoms with Crippen LogP contribution in [0.5, 0.6) is 0 Å². The Kier molecular flexibility index (Phi) is 2.56. The van der Waals surface area contributed by atoms with Gasteiger partial charge in [0.2, 0.25) is 0 Å². The van der Waals surface area contributed by atoms with E-state index in [0.29, 0.717) is 10.9 Å². The Bertz CT molecular complexity index is 573. The molecule has 1 saturated heterocycles. The minimum absolute atomic E-state index is 0.169. The number of hydrogen-bond donors (Lipinski definition) is 1. The molecule has 1 N–H and O–H groups in total. The molecule has 0 aliphatic carbocycles. The lowest BCUT2D eigenvalue weighted by molar-refractivity contribution is 0.501. The first-order valence-corrected chi connectivity index (χ1v) is 5.91. The number of aromatic nitrogens is 1. The molecule has 17 heavy (non-hydrogen) atoms. The number of nitrogens with one attached hydrogen (secondary N) is 1. The van der Waals surface area contributed by atoms with Crippen LogP contribution in [0.4, 0.5) is 8.78 Å². The number of rotatable bonds is 1. The minimum atomic E-state index is -0.968. The number of fused-ring (bicyclic) bond motifs is 1. The van der Waals surface area contributed by atoms with Gasteiger partial charge in [-0.3, -0.25) is 0 Å². The Morgan fingerprint density at radius 2 is 2.18 bits per heavy atom. The average Bonchev–Trinajstić information content (AvgIpc) is 2.93. The highest BCUT2D eigenvalue weighted by molar-refractivity contribution is 6.31. The Morgan fingerprint density at radius 3 is 2.88 bits per heavy atom. The largest absolute Gasteiger partial charge is 0.341 e. The second-order valence-electron chi connectivity index (χ2n) is 4.29. The molecule has 2 aromatic rings. The van der Waals surface area contributed by atoms with E-state index in [2.05, 4.69) is 5.32 Å². The van der Waals surface area contributed by atoms with Crippen LogP contribution in [-0.2, 0) is 0 Å². The molecule has 1 fully saturated rings. The van der Waals surface area contributed by atoms with Crippen LogP contribution in [-0.4, -0.2) is 17.7 Å². The molecule has 0 saturated carbocycles. The van der Waals surface area contributed by atoms with Crippen molar-refractivity contribution in [1.82, 2.24) is 9.88 Å². The molecular weight excluding hydrogens is 246 g/mol. The maximum absolute atomic E-state index is 13.9. The van der Waals surface area contributed by atoms with E-state index in [9.17, 15) is 8.78 Å².